The molecule has 0 fully saturated rings. The van der Waals surface area contributed by atoms with Crippen LogP contribution in [0.2, 0.25) is 0 Å². The Hall–Kier alpha value is -2.89. The van der Waals surface area contributed by atoms with Crippen molar-refractivity contribution in [3.8, 4) is 17.2 Å². The minimum absolute atomic E-state index is 0.0235. The van der Waals surface area contributed by atoms with Crippen molar-refractivity contribution in [2.45, 2.75) is 32.5 Å². The van der Waals surface area contributed by atoms with Crippen molar-refractivity contribution in [1.29, 1.82) is 0 Å². The zero-order chi connectivity index (χ0) is 18.3. The average Bonchev–Trinajstić information content (AvgIpc) is 3.15. The minimum atomic E-state index is -0.309. The Kier molecular flexibility index (Phi) is 4.11. The van der Waals surface area contributed by atoms with Crippen LogP contribution >= 0.6 is 0 Å². The molecule has 6 heteroatoms. The molecule has 2 atom stereocenters. The first-order chi connectivity index (χ1) is 12.6. The molecule has 1 amide bonds. The number of fused-ring (bicyclic) bond motifs is 2. The summed E-state index contributed by atoms with van der Waals surface area (Å²) in [5.74, 6) is 1.87. The van der Waals surface area contributed by atoms with Gasteiger partial charge in [0.25, 0.3) is 5.91 Å². The third kappa shape index (κ3) is 2.53. The van der Waals surface area contributed by atoms with Crippen LogP contribution in [0.3, 0.4) is 0 Å². The molecule has 0 bridgehead atoms. The van der Waals surface area contributed by atoms with E-state index in [-0.39, 0.29) is 24.9 Å². The Morgan fingerprint density at radius 1 is 1.31 bits per heavy atom. The van der Waals surface area contributed by atoms with E-state index in [1.165, 1.54) is 0 Å². The van der Waals surface area contributed by atoms with E-state index < -0.39 is 0 Å². The molecule has 2 heterocycles. The molecule has 0 aromatic heterocycles. The number of nitrogens with one attached hydrogen (secondary N) is 1. The maximum atomic E-state index is 13.2. The molecule has 6 nitrogen and oxygen atoms in total. The van der Waals surface area contributed by atoms with Crippen LogP contribution in [0, 0.1) is 0 Å². The summed E-state index contributed by atoms with van der Waals surface area (Å²) in [5, 5.41) is 3.50. The topological polar surface area (TPSA) is 60.0 Å². The molecule has 2 aromatic carbocycles. The van der Waals surface area contributed by atoms with Crippen LogP contribution < -0.4 is 19.5 Å². The van der Waals surface area contributed by atoms with Gasteiger partial charge in [0.1, 0.15) is 6.17 Å². The number of benzene rings is 2. The largest absolute Gasteiger partial charge is 0.493 e. The highest BCUT2D eigenvalue weighted by molar-refractivity contribution is 6.01. The fourth-order valence-electron chi connectivity index (χ4n) is 3.47. The molecular formula is C20H22N2O4. The Bertz CT molecular complexity index is 852. The van der Waals surface area contributed by atoms with E-state index >= 15 is 0 Å². The molecular weight excluding hydrogens is 332 g/mol. The van der Waals surface area contributed by atoms with Crippen molar-refractivity contribution in [3.05, 3.63) is 47.5 Å². The lowest BCUT2D eigenvalue weighted by molar-refractivity contribution is 0.0593. The monoisotopic (exact) mass is 354 g/mol. The fourth-order valence-corrected chi connectivity index (χ4v) is 3.47. The quantitative estimate of drug-likeness (QED) is 0.905. The highest BCUT2D eigenvalue weighted by Crippen LogP contribution is 2.45. The molecule has 2 aliphatic heterocycles. The number of ether oxygens (including phenoxy) is 3. The molecule has 0 spiro atoms. The van der Waals surface area contributed by atoms with E-state index in [2.05, 4.69) is 19.2 Å². The lowest BCUT2D eigenvalue weighted by Gasteiger charge is -2.41. The predicted octanol–water partition coefficient (Wildman–Crippen LogP) is 3.79. The summed E-state index contributed by atoms with van der Waals surface area (Å²) in [4.78, 5) is 15.1. The van der Waals surface area contributed by atoms with E-state index in [1.54, 1.807) is 7.11 Å². The number of carbonyl (C=O) groups is 1. The molecule has 2 aliphatic rings. The van der Waals surface area contributed by atoms with E-state index in [1.807, 2.05) is 41.3 Å². The number of rotatable bonds is 4. The Labute approximate surface area is 152 Å². The molecule has 0 saturated carbocycles. The summed E-state index contributed by atoms with van der Waals surface area (Å²) in [7, 11) is 1.60. The molecule has 0 saturated heterocycles. The van der Waals surface area contributed by atoms with E-state index in [0.29, 0.717) is 22.8 Å². The summed E-state index contributed by atoms with van der Waals surface area (Å²) in [5.41, 5.74) is 2.42. The van der Waals surface area contributed by atoms with Crippen molar-refractivity contribution in [1.82, 2.24) is 4.90 Å². The van der Waals surface area contributed by atoms with Gasteiger partial charge < -0.3 is 24.4 Å². The summed E-state index contributed by atoms with van der Waals surface area (Å²) in [6.45, 7) is 4.31. The number of anilines is 1. The molecule has 26 heavy (non-hydrogen) atoms. The Balaban J connectivity index is 1.82. The number of nitrogens with zero attached hydrogens (tertiary/aromatic N) is 1. The van der Waals surface area contributed by atoms with Gasteiger partial charge in [-0.1, -0.05) is 19.1 Å². The summed E-state index contributed by atoms with van der Waals surface area (Å²) in [6, 6.07) is 11.5. The molecule has 1 N–H and O–H groups in total. The van der Waals surface area contributed by atoms with Gasteiger partial charge in [0.15, 0.2) is 11.5 Å². The van der Waals surface area contributed by atoms with Gasteiger partial charge in [0, 0.05) is 17.3 Å². The van der Waals surface area contributed by atoms with E-state index in [4.69, 9.17) is 14.2 Å². The zero-order valence-corrected chi connectivity index (χ0v) is 15.1. The summed E-state index contributed by atoms with van der Waals surface area (Å²) >= 11 is 0. The van der Waals surface area contributed by atoms with Crippen molar-refractivity contribution in [3.63, 3.8) is 0 Å². The normalized spacial score (nSPS) is 19.0. The summed E-state index contributed by atoms with van der Waals surface area (Å²) in [6.07, 6.45) is 0.545. The molecule has 136 valence electrons. The molecule has 0 unspecified atom stereocenters. The Morgan fingerprint density at radius 2 is 2.12 bits per heavy atom. The number of hydrogen-bond acceptors (Lipinski definition) is 5. The van der Waals surface area contributed by atoms with Crippen molar-refractivity contribution < 1.29 is 19.0 Å². The van der Waals surface area contributed by atoms with Gasteiger partial charge in [-0.3, -0.25) is 4.79 Å². The number of carbonyl (C=O) groups excluding carboxylic acids is 1. The third-order valence-corrected chi connectivity index (χ3v) is 5.02. The molecule has 0 radical (unpaired) electrons. The van der Waals surface area contributed by atoms with Gasteiger partial charge in [-0.25, -0.2) is 0 Å². The first kappa shape index (κ1) is 16.6. The highest BCUT2D eigenvalue weighted by atomic mass is 16.7. The van der Waals surface area contributed by atoms with Gasteiger partial charge in [-0.15, -0.1) is 0 Å². The first-order valence-electron chi connectivity index (χ1n) is 8.79. The molecule has 4 rings (SSSR count). The fraction of sp³-hybridized carbons (Fsp3) is 0.350. The van der Waals surface area contributed by atoms with Crippen LogP contribution in [0.4, 0.5) is 5.69 Å². The second kappa shape index (κ2) is 6.44. The number of para-hydroxylation sites is 1. The second-order valence-electron chi connectivity index (χ2n) is 6.52. The van der Waals surface area contributed by atoms with Crippen molar-refractivity contribution >= 4 is 11.6 Å². The standard InChI is InChI=1S/C20H22N2O4/c1-4-12(2)22-19(21-15-8-6-5-7-14(15)20(22)23)13-9-16(24-3)18-17(10-13)25-11-26-18/h5-10,12,19,21H,4,11H2,1-3H3/t12-,19+/m0/s1. The first-order valence-corrected chi connectivity index (χ1v) is 8.79. The molecule has 0 aliphatic carbocycles. The lowest BCUT2D eigenvalue weighted by Crippen LogP contribution is -2.47. The molecule has 2 aromatic rings. The van der Waals surface area contributed by atoms with Gasteiger partial charge in [-0.05, 0) is 37.6 Å². The zero-order valence-electron chi connectivity index (χ0n) is 15.1. The SMILES string of the molecule is CC[C@H](C)N1C(=O)c2ccccc2N[C@H]1c1cc(OC)c2c(c1)OCO2. The summed E-state index contributed by atoms with van der Waals surface area (Å²) < 4.78 is 16.5. The smallest absolute Gasteiger partial charge is 0.258 e. The van der Waals surface area contributed by atoms with Gasteiger partial charge in [0.05, 0.1) is 12.7 Å². The number of hydrogen-bond donors (Lipinski definition) is 1. The maximum absolute atomic E-state index is 13.2. The van der Waals surface area contributed by atoms with Crippen LogP contribution in [0.25, 0.3) is 0 Å². The van der Waals surface area contributed by atoms with Crippen molar-refractivity contribution in [2.24, 2.45) is 0 Å². The van der Waals surface area contributed by atoms with Crippen LogP contribution in [-0.4, -0.2) is 30.8 Å². The van der Waals surface area contributed by atoms with Gasteiger partial charge in [-0.2, -0.15) is 0 Å². The second-order valence-corrected chi connectivity index (χ2v) is 6.52. The van der Waals surface area contributed by atoms with Crippen LogP contribution in [0.1, 0.15) is 42.4 Å². The average molecular weight is 354 g/mol. The lowest BCUT2D eigenvalue weighted by atomic mass is 10.00. The number of amides is 1. The van der Waals surface area contributed by atoms with E-state index in [9.17, 15) is 4.79 Å². The maximum Gasteiger partial charge on any atom is 0.258 e. The van der Waals surface area contributed by atoms with E-state index in [0.717, 1.165) is 17.7 Å². The predicted molar refractivity (Wildman–Crippen MR) is 97.8 cm³/mol. The minimum Gasteiger partial charge on any atom is -0.493 e. The van der Waals surface area contributed by atoms with Crippen LogP contribution in [-0.2, 0) is 0 Å². The van der Waals surface area contributed by atoms with Gasteiger partial charge >= 0.3 is 0 Å². The van der Waals surface area contributed by atoms with Crippen LogP contribution in [0.15, 0.2) is 36.4 Å². The highest BCUT2D eigenvalue weighted by Gasteiger charge is 2.36. The van der Waals surface area contributed by atoms with Crippen LogP contribution in [0.5, 0.6) is 17.2 Å². The Morgan fingerprint density at radius 3 is 2.88 bits per heavy atom. The van der Waals surface area contributed by atoms with Crippen molar-refractivity contribution in [2.75, 3.05) is 19.2 Å². The van der Waals surface area contributed by atoms with Gasteiger partial charge in [0.2, 0.25) is 12.5 Å². The third-order valence-electron chi connectivity index (χ3n) is 5.02. The number of methoxy groups -OCH3 is 1.